The van der Waals surface area contributed by atoms with Gasteiger partial charge in [-0.05, 0) is 18.7 Å². The van der Waals surface area contributed by atoms with E-state index in [2.05, 4.69) is 4.98 Å². The minimum Gasteiger partial charge on any atom is -0.494 e. The Morgan fingerprint density at radius 1 is 1.30 bits per heavy atom. The molecule has 0 spiro atoms. The van der Waals surface area contributed by atoms with Crippen LogP contribution in [0.25, 0.3) is 11.1 Å². The predicted octanol–water partition coefficient (Wildman–Crippen LogP) is 1.83. The number of benzene rings is 1. The van der Waals surface area contributed by atoms with E-state index in [-0.39, 0.29) is 17.5 Å². The monoisotopic (exact) mass is 292 g/mol. The van der Waals surface area contributed by atoms with Gasteiger partial charge < -0.3 is 5.11 Å². The minimum atomic E-state index is -0.589. The molecule has 0 radical (unpaired) electrons. The molecule has 0 bridgehead atoms. The van der Waals surface area contributed by atoms with Gasteiger partial charge in [-0.1, -0.05) is 30.3 Å². The van der Waals surface area contributed by atoms with Crippen molar-refractivity contribution in [3.63, 3.8) is 0 Å². The molecule has 0 aliphatic carbocycles. The highest BCUT2D eigenvalue weighted by atomic mass is 32.2. The van der Waals surface area contributed by atoms with Crippen molar-refractivity contribution < 1.29 is 5.11 Å². The highest BCUT2D eigenvalue weighted by Crippen LogP contribution is 2.26. The SMILES string of the molecule is CSCC(C)n1c(O)c(-c2ccccc2)c(=O)[nH]c1=O. The Labute approximate surface area is 120 Å². The summed E-state index contributed by atoms with van der Waals surface area (Å²) in [5.41, 5.74) is -0.463. The van der Waals surface area contributed by atoms with Gasteiger partial charge in [-0.15, -0.1) is 0 Å². The summed E-state index contributed by atoms with van der Waals surface area (Å²) in [6.07, 6.45) is 1.92. The van der Waals surface area contributed by atoms with E-state index in [4.69, 9.17) is 0 Å². The Morgan fingerprint density at radius 2 is 1.95 bits per heavy atom. The number of nitrogens with one attached hydrogen (secondary N) is 1. The Bertz CT molecular complexity index is 707. The van der Waals surface area contributed by atoms with Gasteiger partial charge in [0.15, 0.2) is 0 Å². The minimum absolute atomic E-state index is 0.123. The maximum Gasteiger partial charge on any atom is 0.331 e. The molecule has 2 rings (SSSR count). The highest BCUT2D eigenvalue weighted by molar-refractivity contribution is 7.98. The number of H-pyrrole nitrogens is 1. The van der Waals surface area contributed by atoms with Crippen molar-refractivity contribution in [2.75, 3.05) is 12.0 Å². The Kier molecular flexibility index (Phi) is 4.34. The molecule has 1 aromatic heterocycles. The van der Waals surface area contributed by atoms with Gasteiger partial charge in [0.1, 0.15) is 5.56 Å². The van der Waals surface area contributed by atoms with E-state index in [1.54, 1.807) is 36.0 Å². The first-order valence-corrected chi connectivity index (χ1v) is 7.57. The second-order valence-electron chi connectivity index (χ2n) is 4.50. The van der Waals surface area contributed by atoms with Crippen molar-refractivity contribution >= 4 is 11.8 Å². The average Bonchev–Trinajstić information content (AvgIpc) is 2.39. The van der Waals surface area contributed by atoms with Crippen molar-refractivity contribution in [2.24, 2.45) is 0 Å². The van der Waals surface area contributed by atoms with E-state index in [1.165, 1.54) is 4.57 Å². The summed E-state index contributed by atoms with van der Waals surface area (Å²) >= 11 is 1.56. The van der Waals surface area contributed by atoms with Gasteiger partial charge in [-0.25, -0.2) is 4.79 Å². The van der Waals surface area contributed by atoms with Crippen LogP contribution in [0.1, 0.15) is 13.0 Å². The third-order valence-electron chi connectivity index (χ3n) is 3.03. The van der Waals surface area contributed by atoms with E-state index in [0.717, 1.165) is 0 Å². The smallest absolute Gasteiger partial charge is 0.331 e. The van der Waals surface area contributed by atoms with Crippen LogP contribution >= 0.6 is 11.8 Å². The van der Waals surface area contributed by atoms with E-state index < -0.39 is 11.2 Å². The molecule has 1 atom stereocenters. The molecule has 2 N–H and O–H groups in total. The first-order chi connectivity index (χ1) is 9.56. The van der Waals surface area contributed by atoms with Crippen molar-refractivity contribution in [3.05, 3.63) is 51.2 Å². The standard InChI is InChI=1S/C14H16N2O3S/c1-9(8-20-2)16-13(18)11(12(17)15-14(16)19)10-6-4-3-5-7-10/h3-7,9,18H,8H2,1-2H3,(H,15,17,19). The van der Waals surface area contributed by atoms with Crippen molar-refractivity contribution in [2.45, 2.75) is 13.0 Å². The molecule has 5 nitrogen and oxygen atoms in total. The van der Waals surface area contributed by atoms with Crippen LogP contribution < -0.4 is 11.2 Å². The molecule has 0 aliphatic rings. The summed E-state index contributed by atoms with van der Waals surface area (Å²) in [6, 6.07) is 8.60. The Balaban J connectivity index is 2.68. The number of hydrogen-bond donors (Lipinski definition) is 2. The van der Waals surface area contributed by atoms with E-state index in [9.17, 15) is 14.7 Å². The molecule has 2 aromatic rings. The third kappa shape index (κ3) is 2.65. The van der Waals surface area contributed by atoms with Gasteiger partial charge in [0.2, 0.25) is 5.88 Å². The fourth-order valence-electron chi connectivity index (χ4n) is 2.13. The van der Waals surface area contributed by atoms with Crippen LogP contribution in [0.15, 0.2) is 39.9 Å². The van der Waals surface area contributed by atoms with Crippen molar-refractivity contribution in [1.82, 2.24) is 9.55 Å². The maximum absolute atomic E-state index is 12.0. The zero-order chi connectivity index (χ0) is 14.7. The van der Waals surface area contributed by atoms with Crippen LogP contribution in [0.2, 0.25) is 0 Å². The van der Waals surface area contributed by atoms with Gasteiger partial charge in [0.25, 0.3) is 5.56 Å². The van der Waals surface area contributed by atoms with Gasteiger partial charge in [0.05, 0.1) is 0 Å². The fourth-order valence-corrected chi connectivity index (χ4v) is 2.76. The molecule has 1 unspecified atom stereocenters. The number of nitrogens with zero attached hydrogens (tertiary/aromatic N) is 1. The molecule has 0 amide bonds. The van der Waals surface area contributed by atoms with Crippen molar-refractivity contribution in [1.29, 1.82) is 0 Å². The van der Waals surface area contributed by atoms with Crippen LogP contribution in [0, 0.1) is 0 Å². The average molecular weight is 292 g/mol. The number of rotatable bonds is 4. The lowest BCUT2D eigenvalue weighted by atomic mass is 10.1. The first-order valence-electron chi connectivity index (χ1n) is 6.18. The Morgan fingerprint density at radius 3 is 2.55 bits per heavy atom. The van der Waals surface area contributed by atoms with Crippen LogP contribution in [-0.2, 0) is 0 Å². The van der Waals surface area contributed by atoms with Crippen LogP contribution in [-0.4, -0.2) is 26.7 Å². The van der Waals surface area contributed by atoms with Gasteiger partial charge in [0, 0.05) is 11.8 Å². The lowest BCUT2D eigenvalue weighted by Crippen LogP contribution is -2.33. The van der Waals surface area contributed by atoms with Gasteiger partial charge in [-0.2, -0.15) is 11.8 Å². The number of aromatic hydroxyl groups is 1. The van der Waals surface area contributed by atoms with Gasteiger partial charge in [-0.3, -0.25) is 14.3 Å². The van der Waals surface area contributed by atoms with Gasteiger partial charge >= 0.3 is 5.69 Å². The molecule has 1 aromatic carbocycles. The third-order valence-corrected chi connectivity index (χ3v) is 3.84. The summed E-state index contributed by atoms with van der Waals surface area (Å²) < 4.78 is 1.22. The van der Waals surface area contributed by atoms with E-state index in [1.807, 2.05) is 19.2 Å². The highest BCUT2D eigenvalue weighted by Gasteiger charge is 2.18. The topological polar surface area (TPSA) is 75.1 Å². The zero-order valence-electron chi connectivity index (χ0n) is 11.3. The number of hydrogen-bond acceptors (Lipinski definition) is 4. The van der Waals surface area contributed by atoms with Crippen LogP contribution in [0.4, 0.5) is 0 Å². The first kappa shape index (κ1) is 14.5. The molecule has 0 saturated carbocycles. The van der Waals surface area contributed by atoms with Crippen molar-refractivity contribution in [3.8, 4) is 17.0 Å². The molecule has 20 heavy (non-hydrogen) atoms. The normalized spacial score (nSPS) is 12.3. The molecule has 0 saturated heterocycles. The second-order valence-corrected chi connectivity index (χ2v) is 5.41. The quantitative estimate of drug-likeness (QED) is 0.901. The lowest BCUT2D eigenvalue weighted by molar-refractivity contribution is 0.386. The largest absolute Gasteiger partial charge is 0.494 e. The van der Waals surface area contributed by atoms with E-state index in [0.29, 0.717) is 11.3 Å². The lowest BCUT2D eigenvalue weighted by Gasteiger charge is -2.17. The molecule has 106 valence electrons. The maximum atomic E-state index is 12.0. The Hall–Kier alpha value is -1.95. The zero-order valence-corrected chi connectivity index (χ0v) is 12.1. The summed E-state index contributed by atoms with van der Waals surface area (Å²) in [7, 11) is 0. The molecule has 6 heteroatoms. The van der Waals surface area contributed by atoms with Crippen LogP contribution in [0.3, 0.4) is 0 Å². The fraction of sp³-hybridized carbons (Fsp3) is 0.286. The molecular formula is C14H16N2O3S. The number of aromatic amines is 1. The van der Waals surface area contributed by atoms with E-state index >= 15 is 0 Å². The molecule has 0 fully saturated rings. The number of thioether (sulfide) groups is 1. The summed E-state index contributed by atoms with van der Waals surface area (Å²) in [4.78, 5) is 26.1. The summed E-state index contributed by atoms with van der Waals surface area (Å²) in [5, 5.41) is 10.3. The second kappa shape index (κ2) is 6.00. The predicted molar refractivity (Wildman–Crippen MR) is 81.5 cm³/mol. The van der Waals surface area contributed by atoms with Crippen LogP contribution in [0.5, 0.6) is 5.88 Å². The molecule has 1 heterocycles. The summed E-state index contributed by atoms with van der Waals surface area (Å²) in [6.45, 7) is 1.82. The molecular weight excluding hydrogens is 276 g/mol. The summed E-state index contributed by atoms with van der Waals surface area (Å²) in [5.74, 6) is 0.375. The molecule has 0 aliphatic heterocycles. The number of aromatic nitrogens is 2.